The topological polar surface area (TPSA) is 24.5 Å². The molecule has 2 aliphatic rings. The largest absolute Gasteiger partial charge is 0.496 e. The van der Waals surface area contributed by atoms with Crippen LogP contribution in [0.2, 0.25) is 0 Å². The van der Waals surface area contributed by atoms with E-state index >= 15 is 0 Å². The van der Waals surface area contributed by atoms with Crippen LogP contribution in [0.1, 0.15) is 36.0 Å². The van der Waals surface area contributed by atoms with Crippen LogP contribution in [0.25, 0.3) is 0 Å². The lowest BCUT2D eigenvalue weighted by Gasteiger charge is -2.28. The fourth-order valence-corrected chi connectivity index (χ4v) is 3.23. The number of nitrogens with zero attached hydrogens (tertiary/aromatic N) is 1. The first kappa shape index (κ1) is 12.9. The van der Waals surface area contributed by atoms with E-state index in [0.29, 0.717) is 0 Å². The van der Waals surface area contributed by atoms with Crippen LogP contribution < -0.4 is 10.1 Å². The van der Waals surface area contributed by atoms with Crippen LogP contribution in [0, 0.1) is 0 Å². The Morgan fingerprint density at radius 3 is 2.79 bits per heavy atom. The zero-order chi connectivity index (χ0) is 13.1. The van der Waals surface area contributed by atoms with Gasteiger partial charge < -0.3 is 10.1 Å². The number of ether oxygens (including phenoxy) is 1. The summed E-state index contributed by atoms with van der Waals surface area (Å²) in [7, 11) is 1.79. The van der Waals surface area contributed by atoms with Crippen molar-refractivity contribution in [1.29, 1.82) is 0 Å². The van der Waals surface area contributed by atoms with E-state index in [-0.39, 0.29) is 0 Å². The van der Waals surface area contributed by atoms with E-state index in [4.69, 9.17) is 4.74 Å². The van der Waals surface area contributed by atoms with E-state index < -0.39 is 0 Å². The molecule has 3 rings (SSSR count). The number of benzene rings is 1. The average molecular weight is 260 g/mol. The maximum absolute atomic E-state index is 5.60. The van der Waals surface area contributed by atoms with Gasteiger partial charge in [-0.05, 0) is 56.1 Å². The number of nitrogens with one attached hydrogen (secondary N) is 1. The first-order chi connectivity index (χ1) is 9.36. The van der Waals surface area contributed by atoms with Crippen molar-refractivity contribution < 1.29 is 4.74 Å². The van der Waals surface area contributed by atoms with E-state index in [0.717, 1.165) is 31.8 Å². The van der Waals surface area contributed by atoms with Gasteiger partial charge in [0.2, 0.25) is 0 Å². The number of methoxy groups -OCH3 is 1. The van der Waals surface area contributed by atoms with Crippen LogP contribution in [-0.4, -0.2) is 31.6 Å². The zero-order valence-corrected chi connectivity index (χ0v) is 11.9. The van der Waals surface area contributed by atoms with Gasteiger partial charge in [-0.3, -0.25) is 4.90 Å². The Balaban J connectivity index is 1.82. The zero-order valence-electron chi connectivity index (χ0n) is 11.9. The fraction of sp³-hybridized carbons (Fsp3) is 0.625. The molecule has 0 amide bonds. The first-order valence-corrected chi connectivity index (χ1v) is 7.48. The minimum absolute atomic E-state index is 0.982. The maximum Gasteiger partial charge on any atom is 0.123 e. The Morgan fingerprint density at radius 2 is 2.00 bits per heavy atom. The molecular weight excluding hydrogens is 236 g/mol. The second-order valence-electron chi connectivity index (χ2n) is 5.70. The summed E-state index contributed by atoms with van der Waals surface area (Å²) in [6.07, 6.45) is 5.23. The van der Waals surface area contributed by atoms with Crippen LogP contribution in [0.5, 0.6) is 5.75 Å². The first-order valence-electron chi connectivity index (χ1n) is 7.48. The quantitative estimate of drug-likeness (QED) is 0.902. The lowest BCUT2D eigenvalue weighted by atomic mass is 9.97. The Kier molecular flexibility index (Phi) is 4.04. The molecule has 19 heavy (non-hydrogen) atoms. The van der Waals surface area contributed by atoms with Crippen molar-refractivity contribution in [2.75, 3.05) is 26.7 Å². The molecule has 3 heteroatoms. The molecule has 1 aromatic rings. The third-order valence-corrected chi connectivity index (χ3v) is 4.33. The summed E-state index contributed by atoms with van der Waals surface area (Å²) in [5.41, 5.74) is 4.28. The molecule has 104 valence electrons. The van der Waals surface area contributed by atoms with Crippen molar-refractivity contribution in [2.24, 2.45) is 0 Å². The number of rotatable bonds is 3. The smallest absolute Gasteiger partial charge is 0.123 e. The van der Waals surface area contributed by atoms with Gasteiger partial charge in [0.05, 0.1) is 7.11 Å². The van der Waals surface area contributed by atoms with Crippen LogP contribution in [0.3, 0.4) is 0 Å². The molecule has 0 aromatic heterocycles. The highest BCUT2D eigenvalue weighted by Crippen LogP contribution is 2.27. The SMILES string of the molecule is COc1cc2c(cc1CN1CCCCC1)CCNC2. The van der Waals surface area contributed by atoms with Crippen molar-refractivity contribution in [3.63, 3.8) is 0 Å². The van der Waals surface area contributed by atoms with Gasteiger partial charge >= 0.3 is 0 Å². The van der Waals surface area contributed by atoms with Gasteiger partial charge in [-0.2, -0.15) is 0 Å². The summed E-state index contributed by atoms with van der Waals surface area (Å²) in [5, 5.41) is 3.43. The van der Waals surface area contributed by atoms with Crippen LogP contribution in [-0.2, 0) is 19.5 Å². The van der Waals surface area contributed by atoms with Crippen LogP contribution in [0.15, 0.2) is 12.1 Å². The van der Waals surface area contributed by atoms with Crippen molar-refractivity contribution >= 4 is 0 Å². The van der Waals surface area contributed by atoms with Gasteiger partial charge in [-0.1, -0.05) is 12.5 Å². The highest BCUT2D eigenvalue weighted by molar-refractivity contribution is 5.43. The average Bonchev–Trinajstić information content (AvgIpc) is 2.47. The minimum atomic E-state index is 0.982. The Labute approximate surface area is 115 Å². The van der Waals surface area contributed by atoms with Gasteiger partial charge in [0.1, 0.15) is 5.75 Å². The van der Waals surface area contributed by atoms with Gasteiger partial charge in [0.25, 0.3) is 0 Å². The van der Waals surface area contributed by atoms with Gasteiger partial charge in [0.15, 0.2) is 0 Å². The molecule has 1 aromatic carbocycles. The molecule has 2 heterocycles. The van der Waals surface area contributed by atoms with Gasteiger partial charge in [0, 0.05) is 18.7 Å². The Morgan fingerprint density at radius 1 is 1.16 bits per heavy atom. The maximum atomic E-state index is 5.60. The Hall–Kier alpha value is -1.06. The third-order valence-electron chi connectivity index (χ3n) is 4.33. The molecule has 3 nitrogen and oxygen atoms in total. The monoisotopic (exact) mass is 260 g/mol. The van der Waals surface area contributed by atoms with E-state index in [1.54, 1.807) is 7.11 Å². The molecule has 1 fully saturated rings. The standard InChI is InChI=1S/C16H24N2O/c1-19-16-10-14-11-17-6-5-13(14)9-15(16)12-18-7-3-2-4-8-18/h9-10,17H,2-8,11-12H2,1H3. The highest BCUT2D eigenvalue weighted by atomic mass is 16.5. The number of fused-ring (bicyclic) bond motifs is 1. The second-order valence-corrected chi connectivity index (χ2v) is 5.70. The summed E-state index contributed by atoms with van der Waals surface area (Å²) in [6, 6.07) is 4.62. The van der Waals surface area contributed by atoms with Crippen molar-refractivity contribution in [2.45, 2.75) is 38.8 Å². The van der Waals surface area contributed by atoms with E-state index in [2.05, 4.69) is 22.3 Å². The highest BCUT2D eigenvalue weighted by Gasteiger charge is 2.17. The predicted molar refractivity (Wildman–Crippen MR) is 77.5 cm³/mol. The van der Waals surface area contributed by atoms with Gasteiger partial charge in [-0.15, -0.1) is 0 Å². The molecule has 0 radical (unpaired) electrons. The molecule has 0 unspecified atom stereocenters. The fourth-order valence-electron chi connectivity index (χ4n) is 3.23. The summed E-state index contributed by atoms with van der Waals surface area (Å²) in [6.45, 7) is 5.60. The Bertz CT molecular complexity index is 439. The molecule has 1 N–H and O–H groups in total. The van der Waals surface area contributed by atoms with E-state index in [1.807, 2.05) is 0 Å². The molecule has 0 saturated carbocycles. The number of hydrogen-bond donors (Lipinski definition) is 1. The number of piperidine rings is 1. The molecular formula is C16H24N2O. The molecule has 0 aliphatic carbocycles. The normalized spacial score (nSPS) is 20.1. The van der Waals surface area contributed by atoms with Crippen molar-refractivity contribution in [1.82, 2.24) is 10.2 Å². The summed E-state index contributed by atoms with van der Waals surface area (Å²) >= 11 is 0. The lowest BCUT2D eigenvalue weighted by Crippen LogP contribution is -2.29. The summed E-state index contributed by atoms with van der Waals surface area (Å²) in [5.74, 6) is 1.06. The minimum Gasteiger partial charge on any atom is -0.496 e. The lowest BCUT2D eigenvalue weighted by molar-refractivity contribution is 0.218. The number of hydrogen-bond acceptors (Lipinski definition) is 3. The molecule has 0 spiro atoms. The predicted octanol–water partition coefficient (Wildman–Crippen LogP) is 2.33. The molecule has 0 bridgehead atoms. The molecule has 2 aliphatic heterocycles. The van der Waals surface area contributed by atoms with Crippen molar-refractivity contribution in [3.8, 4) is 5.75 Å². The van der Waals surface area contributed by atoms with Crippen LogP contribution >= 0.6 is 0 Å². The van der Waals surface area contributed by atoms with E-state index in [9.17, 15) is 0 Å². The molecule has 0 atom stereocenters. The van der Waals surface area contributed by atoms with E-state index in [1.165, 1.54) is 49.0 Å². The second kappa shape index (κ2) is 5.93. The van der Waals surface area contributed by atoms with Gasteiger partial charge in [-0.25, -0.2) is 0 Å². The third kappa shape index (κ3) is 2.93. The molecule has 1 saturated heterocycles. The summed E-state index contributed by atoms with van der Waals surface area (Å²) in [4.78, 5) is 2.56. The van der Waals surface area contributed by atoms with Crippen LogP contribution in [0.4, 0.5) is 0 Å². The van der Waals surface area contributed by atoms with Crippen molar-refractivity contribution in [3.05, 3.63) is 28.8 Å². The summed E-state index contributed by atoms with van der Waals surface area (Å²) < 4.78 is 5.60. The number of likely N-dealkylation sites (tertiary alicyclic amines) is 1.